The number of rotatable bonds is 5. The summed E-state index contributed by atoms with van der Waals surface area (Å²) in [6.07, 6.45) is -7.95. The first-order chi connectivity index (χ1) is 16.0. The van der Waals surface area contributed by atoms with Crippen molar-refractivity contribution < 1.29 is 32.5 Å². The molecule has 11 heteroatoms. The van der Waals surface area contributed by atoms with E-state index in [1.165, 1.54) is 24.3 Å². The van der Waals surface area contributed by atoms with E-state index in [0.29, 0.717) is 10.8 Å². The number of alkyl halides is 3. The molecule has 1 aliphatic heterocycles. The van der Waals surface area contributed by atoms with E-state index in [0.717, 1.165) is 0 Å². The predicted molar refractivity (Wildman–Crippen MR) is 114 cm³/mol. The quantitative estimate of drug-likeness (QED) is 0.658. The van der Waals surface area contributed by atoms with Crippen molar-refractivity contribution in [3.8, 4) is 11.8 Å². The molecule has 0 spiro atoms. The topological polar surface area (TPSA) is 99.8 Å². The lowest BCUT2D eigenvalue weighted by molar-refractivity contribution is -0.139. The summed E-state index contributed by atoms with van der Waals surface area (Å²) in [5, 5.41) is 9.62. The van der Waals surface area contributed by atoms with Crippen LogP contribution in [0.15, 0.2) is 46.1 Å². The number of hydrogen-bond donors (Lipinski definition) is 1. The van der Waals surface area contributed by atoms with Gasteiger partial charge < -0.3 is 14.6 Å². The lowest BCUT2D eigenvalue weighted by atomic mass is 10.2. The number of nitrogens with zero attached hydrogens (tertiary/aromatic N) is 2. The highest BCUT2D eigenvalue weighted by Gasteiger charge is 2.41. The van der Waals surface area contributed by atoms with Crippen molar-refractivity contribution in [3.05, 3.63) is 68.5 Å². The fourth-order valence-electron chi connectivity index (χ4n) is 3.47. The van der Waals surface area contributed by atoms with Crippen molar-refractivity contribution in [2.45, 2.75) is 44.9 Å². The minimum Gasteiger partial charge on any atom is -0.394 e. The van der Waals surface area contributed by atoms with E-state index in [1.54, 1.807) is 6.07 Å². The molecule has 0 aliphatic carbocycles. The highest BCUT2D eigenvalue weighted by atomic mass is 19.4. The lowest BCUT2D eigenvalue weighted by Crippen LogP contribution is -2.47. The maximum absolute atomic E-state index is 13.6. The SMILES string of the molecule is CC(C)C#CCO[C@H]1C[C@H](n2cc(C(F)(F)F)c(=O)n(C(=O)c3ccccc3)c2=O)O[C@@H]1CO. The number of aliphatic hydroxyl groups is 1. The van der Waals surface area contributed by atoms with E-state index >= 15 is 0 Å². The van der Waals surface area contributed by atoms with Crippen LogP contribution in [-0.4, -0.2) is 45.6 Å². The number of carbonyl (C=O) groups is 1. The summed E-state index contributed by atoms with van der Waals surface area (Å²) >= 11 is 0. The van der Waals surface area contributed by atoms with Crippen molar-refractivity contribution in [1.82, 2.24) is 9.13 Å². The normalized spacial score (nSPS) is 20.3. The lowest BCUT2D eigenvalue weighted by Gasteiger charge is -2.18. The minimum absolute atomic E-state index is 0.00980. The highest BCUT2D eigenvalue weighted by molar-refractivity contribution is 5.95. The van der Waals surface area contributed by atoms with Gasteiger partial charge in [0.05, 0.1) is 12.7 Å². The van der Waals surface area contributed by atoms with Crippen LogP contribution in [0.3, 0.4) is 0 Å². The first-order valence-corrected chi connectivity index (χ1v) is 10.5. The molecule has 1 aromatic heterocycles. The molecular weight excluding hydrogens is 457 g/mol. The van der Waals surface area contributed by atoms with Gasteiger partial charge in [-0.05, 0) is 12.1 Å². The van der Waals surface area contributed by atoms with Gasteiger partial charge in [0, 0.05) is 24.1 Å². The highest BCUT2D eigenvalue weighted by Crippen LogP contribution is 2.31. The van der Waals surface area contributed by atoms with E-state index in [1.807, 2.05) is 13.8 Å². The average Bonchev–Trinajstić information content (AvgIpc) is 3.19. The van der Waals surface area contributed by atoms with Crippen LogP contribution in [0.1, 0.15) is 42.4 Å². The Morgan fingerprint density at radius 1 is 1.26 bits per heavy atom. The molecule has 1 aromatic carbocycles. The molecule has 1 N–H and O–H groups in total. The zero-order valence-electron chi connectivity index (χ0n) is 18.4. The van der Waals surface area contributed by atoms with Crippen LogP contribution in [0, 0.1) is 17.8 Å². The van der Waals surface area contributed by atoms with Crippen LogP contribution in [0.25, 0.3) is 0 Å². The Morgan fingerprint density at radius 2 is 1.94 bits per heavy atom. The largest absolute Gasteiger partial charge is 0.423 e. The second-order valence-corrected chi connectivity index (χ2v) is 7.91. The van der Waals surface area contributed by atoms with Crippen molar-refractivity contribution in [3.63, 3.8) is 0 Å². The van der Waals surface area contributed by atoms with Crippen molar-refractivity contribution in [2.75, 3.05) is 13.2 Å². The van der Waals surface area contributed by atoms with Crippen molar-refractivity contribution >= 4 is 5.91 Å². The third-order valence-electron chi connectivity index (χ3n) is 5.07. The Balaban J connectivity index is 2.03. The number of aromatic nitrogens is 2. The molecule has 0 bridgehead atoms. The number of hydrogen-bond acceptors (Lipinski definition) is 6. The summed E-state index contributed by atoms with van der Waals surface area (Å²) in [6, 6.07) is 7.00. The van der Waals surface area contributed by atoms with Gasteiger partial charge in [-0.15, -0.1) is 0 Å². The molecule has 34 heavy (non-hydrogen) atoms. The van der Waals surface area contributed by atoms with Crippen molar-refractivity contribution in [2.24, 2.45) is 5.92 Å². The van der Waals surface area contributed by atoms with E-state index in [2.05, 4.69) is 11.8 Å². The smallest absolute Gasteiger partial charge is 0.394 e. The predicted octanol–water partition coefficient (Wildman–Crippen LogP) is 2.04. The average molecular weight is 480 g/mol. The number of aliphatic hydroxyl groups excluding tert-OH is 1. The number of halogens is 3. The Labute approximate surface area is 192 Å². The molecule has 0 saturated carbocycles. The summed E-state index contributed by atoms with van der Waals surface area (Å²) in [6.45, 7) is 3.23. The molecule has 0 unspecified atom stereocenters. The summed E-state index contributed by atoms with van der Waals surface area (Å²) in [4.78, 5) is 38.4. The molecule has 182 valence electrons. The Hall–Kier alpha value is -3.20. The molecule has 8 nitrogen and oxygen atoms in total. The third kappa shape index (κ3) is 5.47. The monoisotopic (exact) mass is 480 g/mol. The van der Waals surface area contributed by atoms with Gasteiger partial charge in [0.25, 0.3) is 11.5 Å². The van der Waals surface area contributed by atoms with E-state index in [-0.39, 0.29) is 29.1 Å². The number of carbonyl (C=O) groups excluding carboxylic acids is 1. The fourth-order valence-corrected chi connectivity index (χ4v) is 3.47. The zero-order valence-corrected chi connectivity index (χ0v) is 18.4. The fraction of sp³-hybridized carbons (Fsp3) is 0.435. The molecule has 1 aliphatic rings. The molecule has 0 radical (unpaired) electrons. The Morgan fingerprint density at radius 3 is 2.53 bits per heavy atom. The van der Waals surface area contributed by atoms with Crippen LogP contribution in [0.5, 0.6) is 0 Å². The number of ether oxygens (including phenoxy) is 2. The zero-order chi connectivity index (χ0) is 25.0. The van der Waals surface area contributed by atoms with Gasteiger partial charge in [0.15, 0.2) is 0 Å². The van der Waals surface area contributed by atoms with Crippen LogP contribution in [-0.2, 0) is 15.7 Å². The number of benzene rings is 1. The van der Waals surface area contributed by atoms with Gasteiger partial charge in [-0.1, -0.05) is 43.9 Å². The summed E-state index contributed by atoms with van der Waals surface area (Å²) in [5.74, 6) is 4.57. The van der Waals surface area contributed by atoms with Crippen LogP contribution in [0.2, 0.25) is 0 Å². The molecule has 3 atom stereocenters. The molecule has 1 saturated heterocycles. The Kier molecular flexibility index (Phi) is 7.76. The van der Waals surface area contributed by atoms with Gasteiger partial charge in [0.1, 0.15) is 24.5 Å². The van der Waals surface area contributed by atoms with E-state index in [9.17, 15) is 32.7 Å². The second kappa shape index (κ2) is 10.4. The van der Waals surface area contributed by atoms with Gasteiger partial charge in [-0.3, -0.25) is 14.2 Å². The third-order valence-corrected chi connectivity index (χ3v) is 5.07. The van der Waals surface area contributed by atoms with Gasteiger partial charge in [0.2, 0.25) is 0 Å². The molecule has 0 amide bonds. The Bertz CT molecular complexity index is 1210. The van der Waals surface area contributed by atoms with Gasteiger partial charge in [-0.25, -0.2) is 4.79 Å². The summed E-state index contributed by atoms with van der Waals surface area (Å²) in [7, 11) is 0. The minimum atomic E-state index is -5.14. The summed E-state index contributed by atoms with van der Waals surface area (Å²) < 4.78 is 52.5. The standard InChI is InChI=1S/C23H23F3N2O6/c1-14(2)7-6-10-33-17-11-19(34-18(17)13-29)27-12-16(23(24,25)26)21(31)28(22(27)32)20(30)15-8-4-3-5-9-15/h3-5,8-9,12,14,17-19,29H,10-11,13H2,1-2H3/t17-,18+,19+/m0/s1. The molecule has 3 rings (SSSR count). The maximum Gasteiger partial charge on any atom is 0.423 e. The van der Waals surface area contributed by atoms with Gasteiger partial charge in [-0.2, -0.15) is 17.7 Å². The molecule has 2 heterocycles. The maximum atomic E-state index is 13.6. The second-order valence-electron chi connectivity index (χ2n) is 7.91. The van der Waals surface area contributed by atoms with Crippen LogP contribution < -0.4 is 11.2 Å². The molecule has 2 aromatic rings. The summed E-state index contributed by atoms with van der Waals surface area (Å²) in [5.41, 5.74) is -4.92. The first-order valence-electron chi connectivity index (χ1n) is 10.5. The first kappa shape index (κ1) is 25.4. The van der Waals surface area contributed by atoms with Crippen LogP contribution in [0.4, 0.5) is 13.2 Å². The molecular formula is C23H23F3N2O6. The van der Waals surface area contributed by atoms with E-state index in [4.69, 9.17) is 9.47 Å². The van der Waals surface area contributed by atoms with Crippen molar-refractivity contribution in [1.29, 1.82) is 0 Å². The van der Waals surface area contributed by atoms with E-state index < -0.39 is 53.9 Å². The van der Waals surface area contributed by atoms with Crippen LogP contribution >= 0.6 is 0 Å². The van der Waals surface area contributed by atoms with Gasteiger partial charge >= 0.3 is 11.9 Å². The molecule has 1 fully saturated rings.